The summed E-state index contributed by atoms with van der Waals surface area (Å²) in [5.41, 5.74) is 0. The second kappa shape index (κ2) is 9.05. The number of nitrogens with one attached hydrogen (secondary N) is 1. The Morgan fingerprint density at radius 3 is 2.80 bits per heavy atom. The zero-order valence-electron chi connectivity index (χ0n) is 13.0. The number of rotatable bonds is 10. The normalized spacial score (nSPS) is 14.7. The van der Waals surface area contributed by atoms with Crippen molar-refractivity contribution in [2.75, 3.05) is 13.2 Å². The quantitative estimate of drug-likeness (QED) is 0.675. The molecule has 1 rings (SSSR count). The van der Waals surface area contributed by atoms with Crippen LogP contribution in [0.25, 0.3) is 0 Å². The van der Waals surface area contributed by atoms with Gasteiger partial charge in [-0.2, -0.15) is 0 Å². The summed E-state index contributed by atoms with van der Waals surface area (Å²) in [5.74, 6) is 1.49. The molecule has 0 fully saturated rings. The molecule has 0 spiro atoms. The molecule has 6 heteroatoms. The maximum atomic E-state index is 9.86. The highest BCUT2D eigenvalue weighted by Crippen LogP contribution is 2.07. The molecule has 0 bridgehead atoms. The summed E-state index contributed by atoms with van der Waals surface area (Å²) in [6.45, 7) is 10.7. The number of aliphatic hydroxyl groups excluding tert-OH is 1. The van der Waals surface area contributed by atoms with Gasteiger partial charge in [0.25, 0.3) is 0 Å². The number of aromatic nitrogens is 3. The molecular weight excluding hydrogens is 256 g/mol. The van der Waals surface area contributed by atoms with E-state index in [-0.39, 0.29) is 6.10 Å². The third kappa shape index (κ3) is 6.45. The highest BCUT2D eigenvalue weighted by atomic mass is 16.5. The van der Waals surface area contributed by atoms with Gasteiger partial charge in [0.15, 0.2) is 0 Å². The lowest BCUT2D eigenvalue weighted by Gasteiger charge is -2.18. The molecule has 0 saturated heterocycles. The summed E-state index contributed by atoms with van der Waals surface area (Å²) in [5, 5.41) is 20.9. The van der Waals surface area contributed by atoms with Gasteiger partial charge >= 0.3 is 0 Å². The molecule has 2 atom stereocenters. The molecule has 0 amide bonds. The molecule has 116 valence electrons. The van der Waals surface area contributed by atoms with Crippen molar-refractivity contribution in [3.63, 3.8) is 0 Å². The monoisotopic (exact) mass is 284 g/mol. The number of nitrogens with zero attached hydrogens (tertiary/aromatic N) is 3. The first kappa shape index (κ1) is 17.1. The molecule has 0 radical (unpaired) electrons. The SMILES string of the molecule is CCn1cnnc1CNCC(O)COC(C)CC(C)C. The molecule has 2 N–H and O–H groups in total. The number of aryl methyl sites for hydroxylation is 1. The zero-order valence-corrected chi connectivity index (χ0v) is 13.0. The molecular formula is C14H28N4O2. The minimum absolute atomic E-state index is 0.188. The van der Waals surface area contributed by atoms with Gasteiger partial charge in [0.05, 0.1) is 25.4 Å². The van der Waals surface area contributed by atoms with E-state index in [0.717, 1.165) is 18.8 Å². The van der Waals surface area contributed by atoms with Crippen molar-refractivity contribution in [2.45, 2.75) is 59.4 Å². The topological polar surface area (TPSA) is 72.2 Å². The minimum Gasteiger partial charge on any atom is -0.389 e. The Balaban J connectivity index is 2.15. The van der Waals surface area contributed by atoms with E-state index >= 15 is 0 Å². The van der Waals surface area contributed by atoms with Crippen LogP contribution in [0.5, 0.6) is 0 Å². The molecule has 0 aliphatic heterocycles. The van der Waals surface area contributed by atoms with Crippen LogP contribution in [0, 0.1) is 5.92 Å². The lowest BCUT2D eigenvalue weighted by molar-refractivity contribution is -0.00863. The predicted molar refractivity (Wildman–Crippen MR) is 78.3 cm³/mol. The fraction of sp³-hybridized carbons (Fsp3) is 0.857. The largest absolute Gasteiger partial charge is 0.389 e. The maximum absolute atomic E-state index is 9.86. The average molecular weight is 284 g/mol. The summed E-state index contributed by atoms with van der Waals surface area (Å²) in [6, 6.07) is 0. The van der Waals surface area contributed by atoms with Gasteiger partial charge in [-0.25, -0.2) is 0 Å². The third-order valence-corrected chi connectivity index (χ3v) is 3.08. The Hall–Kier alpha value is -0.980. The number of hydrogen-bond acceptors (Lipinski definition) is 5. The van der Waals surface area contributed by atoms with E-state index in [0.29, 0.717) is 25.6 Å². The first-order valence-electron chi connectivity index (χ1n) is 7.40. The fourth-order valence-corrected chi connectivity index (χ4v) is 2.10. The van der Waals surface area contributed by atoms with E-state index in [1.54, 1.807) is 6.33 Å². The van der Waals surface area contributed by atoms with E-state index in [1.807, 2.05) is 18.4 Å². The lowest BCUT2D eigenvalue weighted by Crippen LogP contribution is -2.32. The van der Waals surface area contributed by atoms with Crippen LogP contribution in [-0.2, 0) is 17.8 Å². The summed E-state index contributed by atoms with van der Waals surface area (Å²) in [4.78, 5) is 0. The Morgan fingerprint density at radius 2 is 2.15 bits per heavy atom. The van der Waals surface area contributed by atoms with Gasteiger partial charge in [-0.15, -0.1) is 10.2 Å². The van der Waals surface area contributed by atoms with E-state index < -0.39 is 6.10 Å². The first-order chi connectivity index (χ1) is 9.52. The zero-order chi connectivity index (χ0) is 15.0. The summed E-state index contributed by atoms with van der Waals surface area (Å²) >= 11 is 0. The van der Waals surface area contributed by atoms with Gasteiger partial charge < -0.3 is 19.7 Å². The summed E-state index contributed by atoms with van der Waals surface area (Å²) in [7, 11) is 0. The number of hydrogen-bond donors (Lipinski definition) is 2. The molecule has 0 aromatic carbocycles. The molecule has 20 heavy (non-hydrogen) atoms. The van der Waals surface area contributed by atoms with E-state index in [9.17, 15) is 5.11 Å². The molecule has 1 aromatic rings. The smallest absolute Gasteiger partial charge is 0.146 e. The number of ether oxygens (including phenoxy) is 1. The molecule has 0 saturated carbocycles. The lowest BCUT2D eigenvalue weighted by atomic mass is 10.1. The van der Waals surface area contributed by atoms with Gasteiger partial charge in [-0.05, 0) is 26.2 Å². The molecule has 0 aliphatic rings. The van der Waals surface area contributed by atoms with Crippen molar-refractivity contribution < 1.29 is 9.84 Å². The van der Waals surface area contributed by atoms with Crippen LogP contribution in [0.1, 0.15) is 39.9 Å². The van der Waals surface area contributed by atoms with Crippen LogP contribution in [0.3, 0.4) is 0 Å². The van der Waals surface area contributed by atoms with Gasteiger partial charge in [-0.3, -0.25) is 0 Å². The Labute approximate surface area is 121 Å². The van der Waals surface area contributed by atoms with Crippen LogP contribution in [0.15, 0.2) is 6.33 Å². The standard InChI is InChI=1S/C14H28N4O2/c1-5-18-10-16-17-14(18)8-15-7-13(19)9-20-12(4)6-11(2)3/h10-13,15,19H,5-9H2,1-4H3. The second-order valence-electron chi connectivity index (χ2n) is 5.59. The minimum atomic E-state index is -0.498. The van der Waals surface area contributed by atoms with Crippen molar-refractivity contribution in [1.82, 2.24) is 20.1 Å². The Morgan fingerprint density at radius 1 is 1.40 bits per heavy atom. The average Bonchev–Trinajstić information content (AvgIpc) is 2.83. The van der Waals surface area contributed by atoms with Gasteiger partial charge in [0.1, 0.15) is 12.2 Å². The van der Waals surface area contributed by atoms with E-state index in [2.05, 4.69) is 29.4 Å². The Kier molecular flexibility index (Phi) is 7.72. The maximum Gasteiger partial charge on any atom is 0.146 e. The van der Waals surface area contributed by atoms with Crippen LogP contribution < -0.4 is 5.32 Å². The molecule has 1 heterocycles. The van der Waals surface area contributed by atoms with Crippen molar-refractivity contribution >= 4 is 0 Å². The predicted octanol–water partition coefficient (Wildman–Crippen LogP) is 1.20. The van der Waals surface area contributed by atoms with Gasteiger partial charge in [-0.1, -0.05) is 13.8 Å². The van der Waals surface area contributed by atoms with Gasteiger partial charge in [0, 0.05) is 13.1 Å². The second-order valence-corrected chi connectivity index (χ2v) is 5.59. The van der Waals surface area contributed by atoms with Crippen LogP contribution in [-0.4, -0.2) is 45.2 Å². The summed E-state index contributed by atoms with van der Waals surface area (Å²) < 4.78 is 7.60. The van der Waals surface area contributed by atoms with Crippen molar-refractivity contribution in [3.8, 4) is 0 Å². The van der Waals surface area contributed by atoms with E-state index in [1.165, 1.54) is 0 Å². The fourth-order valence-electron chi connectivity index (χ4n) is 2.10. The molecule has 1 aromatic heterocycles. The van der Waals surface area contributed by atoms with Crippen molar-refractivity contribution in [1.29, 1.82) is 0 Å². The Bertz CT molecular complexity index is 368. The van der Waals surface area contributed by atoms with Gasteiger partial charge in [0.2, 0.25) is 0 Å². The molecule has 0 aliphatic carbocycles. The highest BCUT2D eigenvalue weighted by molar-refractivity contribution is 4.84. The van der Waals surface area contributed by atoms with Crippen LogP contribution in [0.2, 0.25) is 0 Å². The molecule has 2 unspecified atom stereocenters. The third-order valence-electron chi connectivity index (χ3n) is 3.08. The molecule has 6 nitrogen and oxygen atoms in total. The van der Waals surface area contributed by atoms with Crippen LogP contribution >= 0.6 is 0 Å². The van der Waals surface area contributed by atoms with Crippen LogP contribution in [0.4, 0.5) is 0 Å². The first-order valence-corrected chi connectivity index (χ1v) is 7.40. The number of aliphatic hydroxyl groups is 1. The highest BCUT2D eigenvalue weighted by Gasteiger charge is 2.10. The van der Waals surface area contributed by atoms with Crippen molar-refractivity contribution in [3.05, 3.63) is 12.2 Å². The van der Waals surface area contributed by atoms with E-state index in [4.69, 9.17) is 4.74 Å². The summed E-state index contributed by atoms with van der Waals surface area (Å²) in [6.07, 6.45) is 2.42. The van der Waals surface area contributed by atoms with Crippen molar-refractivity contribution in [2.24, 2.45) is 5.92 Å².